The van der Waals surface area contributed by atoms with Crippen LogP contribution in [0, 0.1) is 20.8 Å². The zero-order chi connectivity index (χ0) is 16.4. The summed E-state index contributed by atoms with van der Waals surface area (Å²) in [5.74, 6) is -1.44. The first-order valence-electron chi connectivity index (χ1n) is 6.81. The molecule has 2 N–H and O–H groups in total. The molecule has 7 heteroatoms. The second kappa shape index (κ2) is 5.97. The number of aryl methyl sites for hydroxylation is 3. The van der Waals surface area contributed by atoms with Crippen molar-refractivity contribution in [2.24, 2.45) is 5.73 Å². The number of benzene rings is 1. The highest BCUT2D eigenvalue weighted by Gasteiger charge is 2.22. The third kappa shape index (κ3) is 3.13. The molecule has 0 spiro atoms. The molecule has 1 atom stereocenters. The summed E-state index contributed by atoms with van der Waals surface area (Å²) in [5.41, 5.74) is 8.44. The molecule has 0 aliphatic heterocycles. The van der Waals surface area contributed by atoms with E-state index in [1.165, 1.54) is 11.7 Å². The van der Waals surface area contributed by atoms with Crippen molar-refractivity contribution in [1.82, 2.24) is 15.0 Å². The molecule has 1 heterocycles. The first kappa shape index (κ1) is 15.7. The Bertz CT molecular complexity index is 736. The van der Waals surface area contributed by atoms with Crippen LogP contribution < -0.4 is 5.73 Å². The predicted molar refractivity (Wildman–Crippen MR) is 79.6 cm³/mol. The van der Waals surface area contributed by atoms with Gasteiger partial charge in [-0.15, -0.1) is 5.10 Å². The second-order valence-electron chi connectivity index (χ2n) is 5.16. The summed E-state index contributed by atoms with van der Waals surface area (Å²) in [6.07, 6.45) is -1.02. The van der Waals surface area contributed by atoms with E-state index in [0.29, 0.717) is 5.69 Å². The lowest BCUT2D eigenvalue weighted by molar-refractivity contribution is -0.125. The molecule has 0 aliphatic rings. The van der Waals surface area contributed by atoms with E-state index in [1.807, 2.05) is 32.0 Å². The van der Waals surface area contributed by atoms with E-state index in [4.69, 9.17) is 10.5 Å². The third-order valence-corrected chi connectivity index (χ3v) is 3.23. The first-order chi connectivity index (χ1) is 10.3. The van der Waals surface area contributed by atoms with Gasteiger partial charge in [-0.3, -0.25) is 4.79 Å². The van der Waals surface area contributed by atoms with E-state index in [9.17, 15) is 9.59 Å². The Kier molecular flexibility index (Phi) is 4.25. The van der Waals surface area contributed by atoms with Crippen LogP contribution in [0.1, 0.15) is 34.2 Å². The Morgan fingerprint density at radius 2 is 1.91 bits per heavy atom. The number of carbonyl (C=O) groups excluding carboxylic acids is 2. The van der Waals surface area contributed by atoms with Gasteiger partial charge in [0.25, 0.3) is 5.91 Å². The standard InChI is InChI=1S/C15H18N4O3/c1-8-5-6-12(9(2)7-8)19-17-10(3)13(18-19)15(21)22-11(4)14(16)20/h5-7,11H,1-4H3,(H2,16,20)/t11-/m0/s1. The van der Waals surface area contributed by atoms with Gasteiger partial charge in [0, 0.05) is 0 Å². The zero-order valence-corrected chi connectivity index (χ0v) is 13.0. The molecule has 1 aromatic heterocycles. The fourth-order valence-electron chi connectivity index (χ4n) is 1.98. The van der Waals surface area contributed by atoms with Gasteiger partial charge in [-0.05, 0) is 39.3 Å². The van der Waals surface area contributed by atoms with Crippen LogP contribution in [0.3, 0.4) is 0 Å². The van der Waals surface area contributed by atoms with Crippen molar-refractivity contribution in [1.29, 1.82) is 0 Å². The minimum atomic E-state index is -1.02. The molecule has 7 nitrogen and oxygen atoms in total. The minimum Gasteiger partial charge on any atom is -0.448 e. The monoisotopic (exact) mass is 302 g/mol. The van der Waals surface area contributed by atoms with Gasteiger partial charge in [0.1, 0.15) is 0 Å². The first-order valence-corrected chi connectivity index (χ1v) is 6.81. The molecule has 22 heavy (non-hydrogen) atoms. The maximum Gasteiger partial charge on any atom is 0.361 e. The lowest BCUT2D eigenvalue weighted by Gasteiger charge is -2.07. The number of ether oxygens (including phenoxy) is 1. The number of carbonyl (C=O) groups is 2. The molecular weight excluding hydrogens is 284 g/mol. The molecular formula is C15H18N4O3. The number of primary amides is 1. The maximum absolute atomic E-state index is 12.0. The van der Waals surface area contributed by atoms with Gasteiger partial charge in [-0.2, -0.15) is 9.90 Å². The van der Waals surface area contributed by atoms with Crippen LogP contribution in [-0.4, -0.2) is 33.0 Å². The largest absolute Gasteiger partial charge is 0.448 e. The van der Waals surface area contributed by atoms with Crippen LogP contribution in [-0.2, 0) is 9.53 Å². The number of hydrogen-bond acceptors (Lipinski definition) is 5. The predicted octanol–water partition coefficient (Wildman–Crippen LogP) is 1.22. The molecule has 0 bridgehead atoms. The normalized spacial score (nSPS) is 12.0. The Labute approximate surface area is 128 Å². The molecule has 0 radical (unpaired) electrons. The summed E-state index contributed by atoms with van der Waals surface area (Å²) in [7, 11) is 0. The summed E-state index contributed by atoms with van der Waals surface area (Å²) >= 11 is 0. The van der Waals surface area contributed by atoms with Crippen molar-refractivity contribution in [2.75, 3.05) is 0 Å². The van der Waals surface area contributed by atoms with E-state index < -0.39 is 18.0 Å². The molecule has 1 amide bonds. The number of hydrogen-bond donors (Lipinski definition) is 1. The summed E-state index contributed by atoms with van der Waals surface area (Å²) < 4.78 is 4.95. The zero-order valence-electron chi connectivity index (χ0n) is 13.0. The van der Waals surface area contributed by atoms with E-state index in [-0.39, 0.29) is 5.69 Å². The van der Waals surface area contributed by atoms with Gasteiger partial charge in [-0.25, -0.2) is 4.79 Å². The second-order valence-corrected chi connectivity index (χ2v) is 5.16. The molecule has 1 aromatic carbocycles. The SMILES string of the molecule is Cc1ccc(-n2nc(C)c(C(=O)O[C@@H](C)C(N)=O)n2)c(C)c1. The van der Waals surface area contributed by atoms with Crippen molar-refractivity contribution < 1.29 is 14.3 Å². The van der Waals surface area contributed by atoms with E-state index >= 15 is 0 Å². The Morgan fingerprint density at radius 3 is 2.50 bits per heavy atom. The van der Waals surface area contributed by atoms with Gasteiger partial charge < -0.3 is 10.5 Å². The summed E-state index contributed by atoms with van der Waals surface area (Å²) in [5, 5.41) is 8.39. The van der Waals surface area contributed by atoms with Gasteiger partial charge in [-0.1, -0.05) is 17.7 Å². The topological polar surface area (TPSA) is 100 Å². The smallest absolute Gasteiger partial charge is 0.361 e. The lowest BCUT2D eigenvalue weighted by atomic mass is 10.1. The molecule has 0 saturated carbocycles. The van der Waals surface area contributed by atoms with Crippen LogP contribution in [0.25, 0.3) is 5.69 Å². The van der Waals surface area contributed by atoms with Crippen molar-refractivity contribution in [3.8, 4) is 5.69 Å². The van der Waals surface area contributed by atoms with Gasteiger partial charge >= 0.3 is 5.97 Å². The van der Waals surface area contributed by atoms with E-state index in [0.717, 1.165) is 16.8 Å². The molecule has 2 aromatic rings. The fraction of sp³-hybridized carbons (Fsp3) is 0.333. The summed E-state index contributed by atoms with van der Waals surface area (Å²) in [6, 6.07) is 5.82. The average molecular weight is 302 g/mol. The minimum absolute atomic E-state index is 0.0630. The van der Waals surface area contributed by atoms with Crippen LogP contribution in [0.4, 0.5) is 0 Å². The Morgan fingerprint density at radius 1 is 1.23 bits per heavy atom. The van der Waals surface area contributed by atoms with E-state index in [1.54, 1.807) is 6.92 Å². The highest BCUT2D eigenvalue weighted by Crippen LogP contribution is 2.15. The van der Waals surface area contributed by atoms with Crippen LogP contribution in [0.5, 0.6) is 0 Å². The molecule has 2 rings (SSSR count). The third-order valence-electron chi connectivity index (χ3n) is 3.23. The van der Waals surface area contributed by atoms with Crippen LogP contribution in [0.2, 0.25) is 0 Å². The van der Waals surface area contributed by atoms with Crippen molar-refractivity contribution >= 4 is 11.9 Å². The maximum atomic E-state index is 12.0. The van der Waals surface area contributed by atoms with Crippen molar-refractivity contribution in [3.05, 3.63) is 40.7 Å². The molecule has 116 valence electrons. The lowest BCUT2D eigenvalue weighted by Crippen LogP contribution is -2.30. The molecule has 0 aliphatic carbocycles. The molecule has 0 fully saturated rings. The van der Waals surface area contributed by atoms with Crippen LogP contribution in [0.15, 0.2) is 18.2 Å². The van der Waals surface area contributed by atoms with Crippen molar-refractivity contribution in [2.45, 2.75) is 33.8 Å². The van der Waals surface area contributed by atoms with Crippen molar-refractivity contribution in [3.63, 3.8) is 0 Å². The Hall–Kier alpha value is -2.70. The number of esters is 1. The number of nitrogens with two attached hydrogens (primary N) is 1. The van der Waals surface area contributed by atoms with Gasteiger partial charge in [0.05, 0.1) is 11.4 Å². The number of rotatable bonds is 4. The molecule has 0 unspecified atom stereocenters. The van der Waals surface area contributed by atoms with Crippen LogP contribution >= 0.6 is 0 Å². The average Bonchev–Trinajstić information content (AvgIpc) is 2.80. The highest BCUT2D eigenvalue weighted by molar-refractivity contribution is 5.91. The summed E-state index contributed by atoms with van der Waals surface area (Å²) in [4.78, 5) is 24.4. The number of aromatic nitrogens is 3. The highest BCUT2D eigenvalue weighted by atomic mass is 16.5. The number of nitrogens with zero attached hydrogens (tertiary/aromatic N) is 3. The quantitative estimate of drug-likeness (QED) is 0.856. The van der Waals surface area contributed by atoms with Gasteiger partial charge in [0.15, 0.2) is 11.8 Å². The summed E-state index contributed by atoms with van der Waals surface area (Å²) in [6.45, 7) is 6.99. The number of amides is 1. The van der Waals surface area contributed by atoms with Gasteiger partial charge in [0.2, 0.25) is 0 Å². The fourth-order valence-corrected chi connectivity index (χ4v) is 1.98. The van der Waals surface area contributed by atoms with E-state index in [2.05, 4.69) is 10.2 Å². The molecule has 0 saturated heterocycles. The Balaban J connectivity index is 2.32.